The predicted octanol–water partition coefficient (Wildman–Crippen LogP) is 1.23. The highest BCUT2D eigenvalue weighted by molar-refractivity contribution is 5.13. The van der Waals surface area contributed by atoms with Crippen molar-refractivity contribution in [3.63, 3.8) is 0 Å². The summed E-state index contributed by atoms with van der Waals surface area (Å²) in [5.74, 6) is -0.532. The average molecular weight is 208 g/mol. The molecule has 0 saturated carbocycles. The van der Waals surface area contributed by atoms with Crippen LogP contribution in [0.25, 0.3) is 0 Å². The molecule has 0 amide bonds. The van der Waals surface area contributed by atoms with Crippen molar-refractivity contribution in [3.05, 3.63) is 30.1 Å². The standard InChI is InChI=1S/C11H16N2O2/c1-11(4-5-12)14-8-10(15-11)9-3-2-6-13-7-9/h2-3,6-7,10H,4-5,8,12H2,1H3. The van der Waals surface area contributed by atoms with Gasteiger partial charge in [0.25, 0.3) is 0 Å². The summed E-state index contributed by atoms with van der Waals surface area (Å²) in [5, 5.41) is 0. The molecule has 82 valence electrons. The average Bonchev–Trinajstić information content (AvgIpc) is 2.63. The van der Waals surface area contributed by atoms with Crippen LogP contribution in [0, 0.1) is 0 Å². The Kier molecular flexibility index (Phi) is 3.00. The first kappa shape index (κ1) is 10.5. The van der Waals surface area contributed by atoms with E-state index in [9.17, 15) is 0 Å². The third-order valence-electron chi connectivity index (χ3n) is 2.59. The summed E-state index contributed by atoms with van der Waals surface area (Å²) in [6.45, 7) is 3.06. The van der Waals surface area contributed by atoms with E-state index < -0.39 is 5.79 Å². The van der Waals surface area contributed by atoms with Crippen LogP contribution in [0.4, 0.5) is 0 Å². The van der Waals surface area contributed by atoms with Crippen molar-refractivity contribution in [2.75, 3.05) is 13.2 Å². The monoisotopic (exact) mass is 208 g/mol. The zero-order chi connectivity index (χ0) is 10.7. The van der Waals surface area contributed by atoms with Gasteiger partial charge in [-0.2, -0.15) is 0 Å². The lowest BCUT2D eigenvalue weighted by Gasteiger charge is -2.22. The zero-order valence-corrected chi connectivity index (χ0v) is 8.85. The van der Waals surface area contributed by atoms with Gasteiger partial charge < -0.3 is 15.2 Å². The maximum atomic E-state index is 5.83. The second-order valence-electron chi connectivity index (χ2n) is 3.88. The summed E-state index contributed by atoms with van der Waals surface area (Å²) in [6.07, 6.45) is 4.25. The second-order valence-corrected chi connectivity index (χ2v) is 3.88. The van der Waals surface area contributed by atoms with Gasteiger partial charge in [-0.3, -0.25) is 4.98 Å². The van der Waals surface area contributed by atoms with Crippen LogP contribution in [0.15, 0.2) is 24.5 Å². The molecule has 1 aliphatic heterocycles. The molecule has 1 aromatic rings. The minimum absolute atomic E-state index is 0.0183. The Morgan fingerprint density at radius 2 is 2.53 bits per heavy atom. The normalized spacial score (nSPS) is 30.7. The van der Waals surface area contributed by atoms with Gasteiger partial charge in [0.1, 0.15) is 6.10 Å². The van der Waals surface area contributed by atoms with E-state index in [1.54, 1.807) is 6.20 Å². The Hall–Kier alpha value is -0.970. The number of nitrogens with zero attached hydrogens (tertiary/aromatic N) is 1. The van der Waals surface area contributed by atoms with Gasteiger partial charge in [0.15, 0.2) is 5.79 Å². The van der Waals surface area contributed by atoms with Crippen molar-refractivity contribution in [1.29, 1.82) is 0 Å². The van der Waals surface area contributed by atoms with Gasteiger partial charge in [0, 0.05) is 24.4 Å². The number of aromatic nitrogens is 1. The minimum atomic E-state index is -0.532. The van der Waals surface area contributed by atoms with Crippen molar-refractivity contribution >= 4 is 0 Å². The maximum Gasteiger partial charge on any atom is 0.167 e. The molecule has 2 unspecified atom stereocenters. The van der Waals surface area contributed by atoms with Crippen molar-refractivity contribution in [1.82, 2.24) is 4.98 Å². The van der Waals surface area contributed by atoms with E-state index in [0.717, 1.165) is 5.56 Å². The molecule has 0 spiro atoms. The first-order valence-electron chi connectivity index (χ1n) is 5.15. The molecule has 4 heteroatoms. The van der Waals surface area contributed by atoms with Crippen LogP contribution in [-0.2, 0) is 9.47 Å². The van der Waals surface area contributed by atoms with Crippen molar-refractivity contribution in [2.24, 2.45) is 5.73 Å². The summed E-state index contributed by atoms with van der Waals surface area (Å²) < 4.78 is 11.5. The third kappa shape index (κ3) is 2.34. The van der Waals surface area contributed by atoms with Crippen LogP contribution in [0.1, 0.15) is 25.0 Å². The van der Waals surface area contributed by atoms with Gasteiger partial charge >= 0.3 is 0 Å². The molecule has 2 rings (SSSR count). The lowest BCUT2D eigenvalue weighted by molar-refractivity contribution is -0.157. The van der Waals surface area contributed by atoms with Crippen molar-refractivity contribution < 1.29 is 9.47 Å². The smallest absolute Gasteiger partial charge is 0.167 e. The number of ether oxygens (including phenoxy) is 2. The Labute approximate surface area is 89.4 Å². The highest BCUT2D eigenvalue weighted by Crippen LogP contribution is 2.34. The van der Waals surface area contributed by atoms with Crippen LogP contribution in [0.2, 0.25) is 0 Å². The predicted molar refractivity (Wildman–Crippen MR) is 56.1 cm³/mol. The SMILES string of the molecule is CC1(CCN)OCC(c2cccnc2)O1. The molecular weight excluding hydrogens is 192 g/mol. The minimum Gasteiger partial charge on any atom is -0.347 e. The molecular formula is C11H16N2O2. The topological polar surface area (TPSA) is 57.4 Å². The first-order chi connectivity index (χ1) is 7.23. The maximum absolute atomic E-state index is 5.83. The molecule has 0 bridgehead atoms. The summed E-state index contributed by atoms with van der Waals surface area (Å²) in [6, 6.07) is 3.90. The van der Waals surface area contributed by atoms with Crippen LogP contribution in [-0.4, -0.2) is 23.9 Å². The Bertz CT molecular complexity index is 318. The summed E-state index contributed by atoms with van der Waals surface area (Å²) in [5.41, 5.74) is 6.56. The molecule has 4 nitrogen and oxygen atoms in total. The highest BCUT2D eigenvalue weighted by atomic mass is 16.7. The van der Waals surface area contributed by atoms with E-state index in [-0.39, 0.29) is 6.10 Å². The lowest BCUT2D eigenvalue weighted by atomic mass is 10.2. The van der Waals surface area contributed by atoms with Gasteiger partial charge in [-0.1, -0.05) is 6.07 Å². The van der Waals surface area contributed by atoms with Crippen LogP contribution in [0.5, 0.6) is 0 Å². The van der Waals surface area contributed by atoms with Crippen LogP contribution >= 0.6 is 0 Å². The number of hydrogen-bond acceptors (Lipinski definition) is 4. The molecule has 2 atom stereocenters. The summed E-state index contributed by atoms with van der Waals surface area (Å²) in [4.78, 5) is 4.06. The number of pyridine rings is 1. The lowest BCUT2D eigenvalue weighted by Crippen LogP contribution is -2.28. The van der Waals surface area contributed by atoms with E-state index in [0.29, 0.717) is 19.6 Å². The number of rotatable bonds is 3. The molecule has 1 fully saturated rings. The van der Waals surface area contributed by atoms with E-state index in [1.807, 2.05) is 25.3 Å². The Morgan fingerprint density at radius 1 is 1.67 bits per heavy atom. The molecule has 2 N–H and O–H groups in total. The second kappa shape index (κ2) is 4.26. The van der Waals surface area contributed by atoms with Gasteiger partial charge in [-0.25, -0.2) is 0 Å². The highest BCUT2D eigenvalue weighted by Gasteiger charge is 2.37. The van der Waals surface area contributed by atoms with Gasteiger partial charge in [0.2, 0.25) is 0 Å². The van der Waals surface area contributed by atoms with E-state index in [4.69, 9.17) is 15.2 Å². The fraction of sp³-hybridized carbons (Fsp3) is 0.545. The fourth-order valence-corrected chi connectivity index (χ4v) is 1.74. The Morgan fingerprint density at radius 3 is 3.20 bits per heavy atom. The summed E-state index contributed by atoms with van der Waals surface area (Å²) >= 11 is 0. The van der Waals surface area contributed by atoms with Gasteiger partial charge in [0.05, 0.1) is 6.61 Å². The first-order valence-corrected chi connectivity index (χ1v) is 5.15. The van der Waals surface area contributed by atoms with Crippen LogP contribution in [0.3, 0.4) is 0 Å². The molecule has 0 radical (unpaired) electrons. The van der Waals surface area contributed by atoms with Crippen molar-refractivity contribution in [2.45, 2.75) is 25.2 Å². The quantitative estimate of drug-likeness (QED) is 0.811. The summed E-state index contributed by atoms with van der Waals surface area (Å²) in [7, 11) is 0. The van der Waals surface area contributed by atoms with Gasteiger partial charge in [-0.05, 0) is 19.5 Å². The molecule has 1 aromatic heterocycles. The fourth-order valence-electron chi connectivity index (χ4n) is 1.74. The number of nitrogens with two attached hydrogens (primary N) is 1. The molecule has 1 aliphatic rings. The zero-order valence-electron chi connectivity index (χ0n) is 8.85. The molecule has 1 saturated heterocycles. The van der Waals surface area contributed by atoms with Crippen molar-refractivity contribution in [3.8, 4) is 0 Å². The molecule has 0 aliphatic carbocycles. The number of hydrogen-bond donors (Lipinski definition) is 1. The van der Waals surface area contributed by atoms with E-state index in [2.05, 4.69) is 4.98 Å². The Balaban J connectivity index is 2.04. The largest absolute Gasteiger partial charge is 0.347 e. The van der Waals surface area contributed by atoms with Crippen LogP contribution < -0.4 is 5.73 Å². The van der Waals surface area contributed by atoms with E-state index in [1.165, 1.54) is 0 Å². The molecule has 2 heterocycles. The van der Waals surface area contributed by atoms with Gasteiger partial charge in [-0.15, -0.1) is 0 Å². The van der Waals surface area contributed by atoms with E-state index >= 15 is 0 Å². The molecule has 0 aromatic carbocycles. The molecule has 15 heavy (non-hydrogen) atoms. The third-order valence-corrected chi connectivity index (χ3v) is 2.59.